The van der Waals surface area contributed by atoms with Gasteiger partial charge in [-0.15, -0.1) is 0 Å². The molecule has 1 heterocycles. The van der Waals surface area contributed by atoms with Crippen molar-refractivity contribution in [1.29, 1.82) is 0 Å². The zero-order valence-corrected chi connectivity index (χ0v) is 11.7. The van der Waals surface area contributed by atoms with Gasteiger partial charge in [-0.2, -0.15) is 0 Å². The number of nitrogens with zero attached hydrogens (tertiary/aromatic N) is 1. The van der Waals surface area contributed by atoms with Gasteiger partial charge >= 0.3 is 0 Å². The smallest absolute Gasteiger partial charge is 0.237 e. The molecule has 0 aliphatic carbocycles. The van der Waals surface area contributed by atoms with Crippen molar-refractivity contribution in [1.82, 2.24) is 10.2 Å². The van der Waals surface area contributed by atoms with Crippen molar-refractivity contribution in [3.8, 4) is 0 Å². The summed E-state index contributed by atoms with van der Waals surface area (Å²) >= 11 is 0. The summed E-state index contributed by atoms with van der Waals surface area (Å²) in [5, 5.41) is 3.40. The number of primary amides is 1. The van der Waals surface area contributed by atoms with E-state index in [9.17, 15) is 4.79 Å². The van der Waals surface area contributed by atoms with Gasteiger partial charge in [-0.05, 0) is 32.4 Å². The van der Waals surface area contributed by atoms with Gasteiger partial charge in [0.15, 0.2) is 0 Å². The van der Waals surface area contributed by atoms with Crippen molar-refractivity contribution < 1.29 is 4.79 Å². The monoisotopic (exact) mass is 261 g/mol. The van der Waals surface area contributed by atoms with Crippen LogP contribution in [0.15, 0.2) is 30.3 Å². The number of likely N-dealkylation sites (tertiary alicyclic amines) is 1. The van der Waals surface area contributed by atoms with Crippen molar-refractivity contribution in [2.45, 2.75) is 37.9 Å². The first-order valence-corrected chi connectivity index (χ1v) is 6.82. The lowest BCUT2D eigenvalue weighted by molar-refractivity contribution is -0.127. The summed E-state index contributed by atoms with van der Waals surface area (Å²) in [4.78, 5) is 14.2. The van der Waals surface area contributed by atoms with Gasteiger partial charge in [0.25, 0.3) is 0 Å². The molecule has 1 aliphatic heterocycles. The Labute approximate surface area is 115 Å². The molecule has 0 bridgehead atoms. The molecule has 1 aromatic rings. The zero-order valence-electron chi connectivity index (χ0n) is 11.7. The molecule has 2 atom stereocenters. The summed E-state index contributed by atoms with van der Waals surface area (Å²) in [6.07, 6.45) is 1.54. The number of carbonyl (C=O) groups excluding carboxylic acids is 1. The molecule has 0 aromatic heterocycles. The van der Waals surface area contributed by atoms with Crippen LogP contribution >= 0.6 is 0 Å². The molecule has 2 unspecified atom stereocenters. The summed E-state index contributed by atoms with van der Waals surface area (Å²) in [5.74, 6) is -0.233. The minimum absolute atomic E-state index is 0.233. The highest BCUT2D eigenvalue weighted by atomic mass is 16.1. The Morgan fingerprint density at radius 1 is 1.47 bits per heavy atom. The average molecular weight is 261 g/mol. The van der Waals surface area contributed by atoms with Gasteiger partial charge in [0.2, 0.25) is 5.91 Å². The predicted molar refractivity (Wildman–Crippen MR) is 76.5 cm³/mol. The fraction of sp³-hybridized carbons (Fsp3) is 0.533. The van der Waals surface area contributed by atoms with Gasteiger partial charge in [-0.25, -0.2) is 0 Å². The van der Waals surface area contributed by atoms with E-state index < -0.39 is 5.54 Å². The first-order chi connectivity index (χ1) is 9.03. The molecule has 1 fully saturated rings. The fourth-order valence-corrected chi connectivity index (χ4v) is 2.69. The van der Waals surface area contributed by atoms with E-state index in [0.29, 0.717) is 12.6 Å². The molecule has 4 nitrogen and oxygen atoms in total. The van der Waals surface area contributed by atoms with E-state index in [1.165, 1.54) is 5.56 Å². The molecular formula is C15H23N3O. The largest absolute Gasteiger partial charge is 0.368 e. The maximum Gasteiger partial charge on any atom is 0.237 e. The molecule has 0 saturated carbocycles. The molecule has 1 saturated heterocycles. The van der Waals surface area contributed by atoms with E-state index in [4.69, 9.17) is 5.73 Å². The SMILES string of the molecule is CC1CC(NCc2ccccc2)(C(N)=O)CCN1C. The van der Waals surface area contributed by atoms with Crippen LogP contribution in [0.2, 0.25) is 0 Å². The maximum absolute atomic E-state index is 11.9. The van der Waals surface area contributed by atoms with Gasteiger partial charge < -0.3 is 10.6 Å². The second-order valence-corrected chi connectivity index (χ2v) is 5.57. The van der Waals surface area contributed by atoms with Crippen LogP contribution in [0.25, 0.3) is 0 Å². The molecular weight excluding hydrogens is 238 g/mol. The quantitative estimate of drug-likeness (QED) is 0.854. The second-order valence-electron chi connectivity index (χ2n) is 5.57. The number of piperidine rings is 1. The lowest BCUT2D eigenvalue weighted by Gasteiger charge is -2.43. The standard InChI is InChI=1S/C15H23N3O/c1-12-10-15(14(16)19,8-9-18(12)2)17-11-13-6-4-3-5-7-13/h3-7,12,17H,8-11H2,1-2H3,(H2,16,19). The third kappa shape index (κ3) is 3.14. The number of benzene rings is 1. The van der Waals surface area contributed by atoms with Gasteiger partial charge in [-0.3, -0.25) is 10.1 Å². The zero-order chi connectivity index (χ0) is 13.9. The van der Waals surface area contributed by atoms with Crippen LogP contribution in [0.3, 0.4) is 0 Å². The summed E-state index contributed by atoms with van der Waals surface area (Å²) in [6, 6.07) is 10.5. The normalized spacial score (nSPS) is 28.2. The fourth-order valence-electron chi connectivity index (χ4n) is 2.69. The van der Waals surface area contributed by atoms with E-state index in [-0.39, 0.29) is 5.91 Å². The molecule has 19 heavy (non-hydrogen) atoms. The first kappa shape index (κ1) is 14.0. The maximum atomic E-state index is 11.9. The van der Waals surface area contributed by atoms with Crippen molar-refractivity contribution in [3.63, 3.8) is 0 Å². The van der Waals surface area contributed by atoms with Crippen molar-refractivity contribution >= 4 is 5.91 Å². The molecule has 2 rings (SSSR count). The van der Waals surface area contributed by atoms with Gasteiger partial charge in [0.05, 0.1) is 0 Å². The highest BCUT2D eigenvalue weighted by Crippen LogP contribution is 2.26. The Morgan fingerprint density at radius 2 is 2.16 bits per heavy atom. The van der Waals surface area contributed by atoms with Crippen molar-refractivity contribution in [2.75, 3.05) is 13.6 Å². The molecule has 4 heteroatoms. The minimum atomic E-state index is -0.568. The Bertz CT molecular complexity index is 434. The number of hydrogen-bond acceptors (Lipinski definition) is 3. The van der Waals surface area contributed by atoms with Crippen LogP contribution in [0, 0.1) is 0 Å². The van der Waals surface area contributed by atoms with Crippen molar-refractivity contribution in [3.05, 3.63) is 35.9 Å². The third-order valence-electron chi connectivity index (χ3n) is 4.23. The topological polar surface area (TPSA) is 58.4 Å². The number of amides is 1. The number of carbonyl (C=O) groups is 1. The van der Waals surface area contributed by atoms with Gasteiger partial charge in [0, 0.05) is 19.1 Å². The molecule has 3 N–H and O–H groups in total. The van der Waals surface area contributed by atoms with Crippen LogP contribution in [-0.4, -0.2) is 36.0 Å². The van der Waals surface area contributed by atoms with E-state index in [0.717, 1.165) is 19.4 Å². The Balaban J connectivity index is 2.06. The highest BCUT2D eigenvalue weighted by Gasteiger charge is 2.41. The number of hydrogen-bond donors (Lipinski definition) is 2. The number of rotatable bonds is 4. The minimum Gasteiger partial charge on any atom is -0.368 e. The van der Waals surface area contributed by atoms with Crippen LogP contribution in [-0.2, 0) is 11.3 Å². The van der Waals surface area contributed by atoms with Crippen LogP contribution in [0.4, 0.5) is 0 Å². The molecule has 104 valence electrons. The number of nitrogens with one attached hydrogen (secondary N) is 1. The molecule has 1 amide bonds. The Hall–Kier alpha value is -1.39. The Kier molecular flexibility index (Phi) is 4.22. The lowest BCUT2D eigenvalue weighted by Crippen LogP contribution is -2.62. The molecule has 1 aliphatic rings. The molecule has 1 aromatic carbocycles. The second kappa shape index (κ2) is 5.72. The molecule has 0 radical (unpaired) electrons. The highest BCUT2D eigenvalue weighted by molar-refractivity contribution is 5.84. The van der Waals surface area contributed by atoms with E-state index in [1.807, 2.05) is 18.2 Å². The summed E-state index contributed by atoms with van der Waals surface area (Å²) < 4.78 is 0. The average Bonchev–Trinajstić information content (AvgIpc) is 2.41. The number of nitrogens with two attached hydrogens (primary N) is 1. The van der Waals surface area contributed by atoms with E-state index in [2.05, 4.69) is 36.3 Å². The summed E-state index contributed by atoms with van der Waals surface area (Å²) in [5.41, 5.74) is 6.26. The van der Waals surface area contributed by atoms with E-state index in [1.54, 1.807) is 0 Å². The van der Waals surface area contributed by atoms with Crippen LogP contribution < -0.4 is 11.1 Å². The van der Waals surface area contributed by atoms with Gasteiger partial charge in [-0.1, -0.05) is 30.3 Å². The first-order valence-electron chi connectivity index (χ1n) is 6.82. The van der Waals surface area contributed by atoms with Crippen LogP contribution in [0.1, 0.15) is 25.3 Å². The Morgan fingerprint density at radius 3 is 2.74 bits per heavy atom. The lowest BCUT2D eigenvalue weighted by atomic mass is 9.83. The van der Waals surface area contributed by atoms with Crippen molar-refractivity contribution in [2.24, 2.45) is 5.73 Å². The summed E-state index contributed by atoms with van der Waals surface area (Å²) in [7, 11) is 2.09. The van der Waals surface area contributed by atoms with Gasteiger partial charge in [0.1, 0.15) is 5.54 Å². The predicted octanol–water partition coefficient (Wildman–Crippen LogP) is 1.11. The third-order valence-corrected chi connectivity index (χ3v) is 4.23. The summed E-state index contributed by atoms with van der Waals surface area (Å²) in [6.45, 7) is 3.72. The van der Waals surface area contributed by atoms with E-state index >= 15 is 0 Å². The molecule has 0 spiro atoms. The van der Waals surface area contributed by atoms with Crippen LogP contribution in [0.5, 0.6) is 0 Å².